The quantitative estimate of drug-likeness (QED) is 0.877. The van der Waals surface area contributed by atoms with Crippen molar-refractivity contribution in [2.75, 3.05) is 0 Å². The number of hydrogen-bond donors (Lipinski definition) is 1. The molecule has 18 heavy (non-hydrogen) atoms. The number of benzene rings is 2. The molecule has 1 nitrogen and oxygen atoms in total. The van der Waals surface area contributed by atoms with Crippen molar-refractivity contribution in [3.05, 3.63) is 68.9 Å². The summed E-state index contributed by atoms with van der Waals surface area (Å²) in [6, 6.07) is 10.3. The second-order valence-corrected chi connectivity index (χ2v) is 5.44. The van der Waals surface area contributed by atoms with E-state index in [1.54, 1.807) is 6.07 Å². The molecule has 0 aliphatic heterocycles. The van der Waals surface area contributed by atoms with Crippen molar-refractivity contribution in [1.29, 1.82) is 0 Å². The largest absolute Gasteiger partial charge is 0.384 e. The van der Waals surface area contributed by atoms with Crippen molar-refractivity contribution in [2.24, 2.45) is 0 Å². The van der Waals surface area contributed by atoms with Crippen LogP contribution in [-0.2, 0) is 0 Å². The van der Waals surface area contributed by atoms with Crippen LogP contribution in [-0.4, -0.2) is 5.11 Å². The van der Waals surface area contributed by atoms with E-state index in [1.165, 1.54) is 12.1 Å². The van der Waals surface area contributed by atoms with Gasteiger partial charge in [-0.1, -0.05) is 28.1 Å². The van der Waals surface area contributed by atoms with Crippen LogP contribution in [0.5, 0.6) is 0 Å². The molecule has 94 valence electrons. The molecular weight excluding hydrogens is 295 g/mol. The predicted octanol–water partition coefficient (Wildman–Crippen LogP) is 4.29. The van der Waals surface area contributed by atoms with E-state index in [0.717, 1.165) is 21.2 Å². The van der Waals surface area contributed by atoms with Crippen LogP contribution in [0, 0.1) is 19.7 Å². The predicted molar refractivity (Wildman–Crippen MR) is 74.1 cm³/mol. The second kappa shape index (κ2) is 5.21. The van der Waals surface area contributed by atoms with Gasteiger partial charge in [-0.2, -0.15) is 0 Å². The highest BCUT2D eigenvalue weighted by Crippen LogP contribution is 2.27. The smallest absolute Gasteiger partial charge is 0.123 e. The van der Waals surface area contributed by atoms with Crippen molar-refractivity contribution in [3.63, 3.8) is 0 Å². The molecule has 0 amide bonds. The van der Waals surface area contributed by atoms with Gasteiger partial charge in [-0.25, -0.2) is 4.39 Å². The van der Waals surface area contributed by atoms with Crippen molar-refractivity contribution in [3.8, 4) is 0 Å². The molecule has 0 spiro atoms. The van der Waals surface area contributed by atoms with Crippen molar-refractivity contribution in [1.82, 2.24) is 0 Å². The molecule has 2 aromatic rings. The molecule has 2 rings (SSSR count). The Bertz CT molecular complexity index is 489. The first-order valence-corrected chi connectivity index (χ1v) is 6.47. The van der Waals surface area contributed by atoms with E-state index >= 15 is 0 Å². The van der Waals surface area contributed by atoms with Crippen LogP contribution in [0.3, 0.4) is 0 Å². The Kier molecular flexibility index (Phi) is 3.83. The number of hydrogen-bond acceptors (Lipinski definition) is 1. The lowest BCUT2D eigenvalue weighted by Gasteiger charge is -2.13. The van der Waals surface area contributed by atoms with Gasteiger partial charge >= 0.3 is 0 Å². The Morgan fingerprint density at radius 2 is 1.50 bits per heavy atom. The molecule has 0 aliphatic carbocycles. The van der Waals surface area contributed by atoms with Gasteiger partial charge in [0.25, 0.3) is 0 Å². The van der Waals surface area contributed by atoms with Gasteiger partial charge < -0.3 is 5.11 Å². The Balaban J connectivity index is 2.43. The van der Waals surface area contributed by atoms with Gasteiger partial charge in [0.2, 0.25) is 0 Å². The second-order valence-electron chi connectivity index (χ2n) is 4.53. The highest BCUT2D eigenvalue weighted by Gasteiger charge is 2.13. The lowest BCUT2D eigenvalue weighted by molar-refractivity contribution is 0.219. The zero-order valence-electron chi connectivity index (χ0n) is 10.2. The maximum Gasteiger partial charge on any atom is 0.123 e. The summed E-state index contributed by atoms with van der Waals surface area (Å²) in [6.07, 6.45) is -0.810. The molecule has 1 unspecified atom stereocenters. The van der Waals surface area contributed by atoms with E-state index in [9.17, 15) is 9.50 Å². The van der Waals surface area contributed by atoms with Crippen LogP contribution >= 0.6 is 15.9 Å². The van der Waals surface area contributed by atoms with Crippen molar-refractivity contribution in [2.45, 2.75) is 20.0 Å². The Morgan fingerprint density at radius 1 is 0.944 bits per heavy atom. The van der Waals surface area contributed by atoms with E-state index < -0.39 is 6.10 Å². The normalized spacial score (nSPS) is 12.5. The monoisotopic (exact) mass is 308 g/mol. The fraction of sp³-hybridized carbons (Fsp3) is 0.200. The molecule has 3 heteroatoms. The summed E-state index contributed by atoms with van der Waals surface area (Å²) in [5, 5.41) is 10.3. The molecule has 1 N–H and O–H groups in total. The molecule has 0 heterocycles. The number of aliphatic hydroxyl groups is 1. The molecule has 0 bridgehead atoms. The summed E-state index contributed by atoms with van der Waals surface area (Å²) in [4.78, 5) is 0. The van der Waals surface area contributed by atoms with Crippen LogP contribution in [0.2, 0.25) is 0 Å². The van der Waals surface area contributed by atoms with Gasteiger partial charge in [0.1, 0.15) is 11.9 Å². The van der Waals surface area contributed by atoms with E-state index in [2.05, 4.69) is 15.9 Å². The highest BCUT2D eigenvalue weighted by molar-refractivity contribution is 9.10. The summed E-state index contributed by atoms with van der Waals surface area (Å²) in [5.41, 5.74) is 3.18. The lowest BCUT2D eigenvalue weighted by atomic mass is 9.98. The fourth-order valence-electron chi connectivity index (χ4n) is 2.04. The Hall–Kier alpha value is -1.19. The number of aliphatic hydroxyl groups excluding tert-OH is 1. The van der Waals surface area contributed by atoms with Crippen LogP contribution in [0.15, 0.2) is 40.9 Å². The third kappa shape index (κ3) is 2.98. The lowest BCUT2D eigenvalue weighted by Crippen LogP contribution is -2.01. The first kappa shape index (κ1) is 13.2. The Labute approximate surface area is 114 Å². The molecule has 2 aromatic carbocycles. The summed E-state index contributed by atoms with van der Waals surface area (Å²) >= 11 is 3.40. The molecule has 0 saturated carbocycles. The highest BCUT2D eigenvalue weighted by atomic mass is 79.9. The number of halogens is 2. The average molecular weight is 309 g/mol. The first-order chi connectivity index (χ1) is 8.45. The van der Waals surface area contributed by atoms with Gasteiger partial charge in [-0.15, -0.1) is 0 Å². The van der Waals surface area contributed by atoms with Gasteiger partial charge in [-0.3, -0.25) is 0 Å². The van der Waals surface area contributed by atoms with Crippen LogP contribution in [0.25, 0.3) is 0 Å². The number of rotatable bonds is 2. The SMILES string of the molecule is Cc1cc(F)cc(C(O)c2cc(C)cc(Br)c2)c1. The Morgan fingerprint density at radius 3 is 2.06 bits per heavy atom. The fourth-order valence-corrected chi connectivity index (χ4v) is 2.66. The minimum absolute atomic E-state index is 0.323. The van der Waals surface area contributed by atoms with E-state index in [1.807, 2.05) is 32.0 Å². The topological polar surface area (TPSA) is 20.2 Å². The molecule has 0 fully saturated rings. The third-order valence-electron chi connectivity index (χ3n) is 2.76. The third-order valence-corrected chi connectivity index (χ3v) is 3.22. The van der Waals surface area contributed by atoms with E-state index in [0.29, 0.717) is 5.56 Å². The van der Waals surface area contributed by atoms with Crippen LogP contribution in [0.4, 0.5) is 4.39 Å². The summed E-state index contributed by atoms with van der Waals surface area (Å²) in [5.74, 6) is -0.323. The van der Waals surface area contributed by atoms with Gasteiger partial charge in [0.05, 0.1) is 0 Å². The van der Waals surface area contributed by atoms with Crippen LogP contribution < -0.4 is 0 Å². The summed E-state index contributed by atoms with van der Waals surface area (Å²) in [7, 11) is 0. The van der Waals surface area contributed by atoms with Crippen LogP contribution in [0.1, 0.15) is 28.4 Å². The van der Waals surface area contributed by atoms with E-state index in [4.69, 9.17) is 0 Å². The van der Waals surface area contributed by atoms with Gasteiger partial charge in [0, 0.05) is 4.47 Å². The molecule has 0 aliphatic rings. The zero-order valence-corrected chi connectivity index (χ0v) is 11.8. The van der Waals surface area contributed by atoms with Gasteiger partial charge in [-0.05, 0) is 60.4 Å². The van der Waals surface area contributed by atoms with Gasteiger partial charge in [0.15, 0.2) is 0 Å². The minimum atomic E-state index is -0.810. The molecular formula is C15H14BrFO. The van der Waals surface area contributed by atoms with E-state index in [-0.39, 0.29) is 5.82 Å². The standard InChI is InChI=1S/C15H14BrFO/c1-9-3-11(7-13(16)5-9)15(18)12-4-10(2)6-14(17)8-12/h3-8,15,18H,1-2H3. The summed E-state index contributed by atoms with van der Waals surface area (Å²) in [6.45, 7) is 3.77. The summed E-state index contributed by atoms with van der Waals surface area (Å²) < 4.78 is 14.2. The average Bonchev–Trinajstić information content (AvgIpc) is 2.25. The molecule has 1 atom stereocenters. The number of aryl methyl sites for hydroxylation is 2. The molecule has 0 aromatic heterocycles. The molecule has 0 saturated heterocycles. The maximum atomic E-state index is 13.3. The molecule has 0 radical (unpaired) electrons. The van der Waals surface area contributed by atoms with Crippen molar-refractivity contribution < 1.29 is 9.50 Å². The maximum absolute atomic E-state index is 13.3. The minimum Gasteiger partial charge on any atom is -0.384 e. The first-order valence-electron chi connectivity index (χ1n) is 5.68. The van der Waals surface area contributed by atoms with Crippen molar-refractivity contribution >= 4 is 15.9 Å². The zero-order chi connectivity index (χ0) is 13.3.